The molecular weight excluding hydrogens is 253 g/mol. The molecular formula is C14H19F3N2. The van der Waals surface area contributed by atoms with Crippen molar-refractivity contribution < 1.29 is 13.2 Å². The van der Waals surface area contributed by atoms with Crippen molar-refractivity contribution in [3.63, 3.8) is 0 Å². The number of para-hydroxylation sites is 1. The van der Waals surface area contributed by atoms with E-state index in [1.807, 2.05) is 24.3 Å². The van der Waals surface area contributed by atoms with Gasteiger partial charge < -0.3 is 11.1 Å². The average Bonchev–Trinajstić information content (AvgIpc) is 2.37. The van der Waals surface area contributed by atoms with Gasteiger partial charge in [-0.3, -0.25) is 0 Å². The van der Waals surface area contributed by atoms with Gasteiger partial charge in [-0.05, 0) is 37.3 Å². The van der Waals surface area contributed by atoms with Gasteiger partial charge in [-0.15, -0.1) is 0 Å². The molecule has 0 radical (unpaired) electrons. The van der Waals surface area contributed by atoms with Crippen LogP contribution in [0.1, 0.15) is 31.2 Å². The molecule has 0 amide bonds. The van der Waals surface area contributed by atoms with Gasteiger partial charge in [0.05, 0.1) is 5.92 Å². The smallest absolute Gasteiger partial charge is 0.391 e. The summed E-state index contributed by atoms with van der Waals surface area (Å²) < 4.78 is 37.6. The fraction of sp³-hybridized carbons (Fsp3) is 0.571. The second-order valence-electron chi connectivity index (χ2n) is 5.17. The van der Waals surface area contributed by atoms with Crippen LogP contribution in [0.25, 0.3) is 0 Å². The summed E-state index contributed by atoms with van der Waals surface area (Å²) in [5.74, 6) is -1.12. The summed E-state index contributed by atoms with van der Waals surface area (Å²) in [5, 5.41) is 3.30. The lowest BCUT2D eigenvalue weighted by Crippen LogP contribution is -2.36. The third kappa shape index (κ3) is 3.86. The molecule has 0 aromatic heterocycles. The van der Waals surface area contributed by atoms with Gasteiger partial charge >= 0.3 is 6.18 Å². The number of nitrogens with two attached hydrogens (primary N) is 1. The van der Waals surface area contributed by atoms with Crippen LogP contribution in [0.2, 0.25) is 0 Å². The zero-order valence-electron chi connectivity index (χ0n) is 10.7. The topological polar surface area (TPSA) is 38.0 Å². The Morgan fingerprint density at radius 2 is 1.74 bits per heavy atom. The molecule has 1 aromatic rings. The SMILES string of the molecule is Nc1ccccc1CNC1CCC(C(F)(F)F)CC1. The highest BCUT2D eigenvalue weighted by molar-refractivity contribution is 5.46. The van der Waals surface area contributed by atoms with Gasteiger partial charge in [0.2, 0.25) is 0 Å². The molecule has 0 atom stereocenters. The second kappa shape index (κ2) is 5.82. The summed E-state index contributed by atoms with van der Waals surface area (Å²) in [4.78, 5) is 0. The molecule has 0 spiro atoms. The maximum Gasteiger partial charge on any atom is 0.391 e. The normalized spacial score (nSPS) is 24.4. The minimum absolute atomic E-state index is 0.165. The van der Waals surface area contributed by atoms with Gasteiger partial charge in [0.25, 0.3) is 0 Å². The van der Waals surface area contributed by atoms with E-state index in [9.17, 15) is 13.2 Å². The summed E-state index contributed by atoms with van der Waals surface area (Å²) in [6.07, 6.45) is -2.42. The van der Waals surface area contributed by atoms with E-state index in [1.165, 1.54) is 0 Å². The molecule has 5 heteroatoms. The molecule has 1 aliphatic carbocycles. The average molecular weight is 272 g/mol. The van der Waals surface area contributed by atoms with Gasteiger partial charge in [0.15, 0.2) is 0 Å². The van der Waals surface area contributed by atoms with Crippen LogP contribution >= 0.6 is 0 Å². The number of hydrogen-bond donors (Lipinski definition) is 2. The van der Waals surface area contributed by atoms with Crippen LogP contribution in [0.15, 0.2) is 24.3 Å². The summed E-state index contributed by atoms with van der Waals surface area (Å²) in [6.45, 7) is 0.619. The van der Waals surface area contributed by atoms with Crippen molar-refractivity contribution in [3.8, 4) is 0 Å². The Bertz CT molecular complexity index is 409. The van der Waals surface area contributed by atoms with Crippen LogP contribution in [-0.2, 0) is 6.54 Å². The first-order chi connectivity index (χ1) is 8.97. The highest BCUT2D eigenvalue weighted by Gasteiger charge is 2.41. The lowest BCUT2D eigenvalue weighted by atomic mass is 9.85. The van der Waals surface area contributed by atoms with Crippen LogP contribution < -0.4 is 11.1 Å². The Morgan fingerprint density at radius 3 is 2.32 bits per heavy atom. The highest BCUT2D eigenvalue weighted by atomic mass is 19.4. The Balaban J connectivity index is 1.79. The number of nitrogens with one attached hydrogen (secondary N) is 1. The van der Waals surface area contributed by atoms with E-state index in [0.717, 1.165) is 11.3 Å². The lowest BCUT2D eigenvalue weighted by Gasteiger charge is -2.30. The number of alkyl halides is 3. The summed E-state index contributed by atoms with van der Waals surface area (Å²) in [6, 6.07) is 7.71. The minimum Gasteiger partial charge on any atom is -0.398 e. The van der Waals surface area contributed by atoms with E-state index < -0.39 is 12.1 Å². The molecule has 0 bridgehead atoms. The van der Waals surface area contributed by atoms with Crippen molar-refractivity contribution in [2.45, 2.75) is 44.4 Å². The molecule has 106 valence electrons. The number of anilines is 1. The molecule has 1 fully saturated rings. The molecule has 1 aromatic carbocycles. The number of halogens is 3. The molecule has 0 aliphatic heterocycles. The molecule has 1 aliphatic rings. The summed E-state index contributed by atoms with van der Waals surface area (Å²) >= 11 is 0. The molecule has 0 unspecified atom stereocenters. The van der Waals surface area contributed by atoms with Crippen LogP contribution in [0.3, 0.4) is 0 Å². The van der Waals surface area contributed by atoms with Crippen LogP contribution in [0.5, 0.6) is 0 Å². The maximum absolute atomic E-state index is 12.5. The maximum atomic E-state index is 12.5. The lowest BCUT2D eigenvalue weighted by molar-refractivity contribution is -0.182. The molecule has 1 saturated carbocycles. The Hall–Kier alpha value is -1.23. The van der Waals surface area contributed by atoms with Crippen molar-refractivity contribution in [3.05, 3.63) is 29.8 Å². The van der Waals surface area contributed by atoms with Crippen molar-refractivity contribution in [1.82, 2.24) is 5.32 Å². The zero-order chi connectivity index (χ0) is 13.9. The van der Waals surface area contributed by atoms with Crippen LogP contribution in [0, 0.1) is 5.92 Å². The largest absolute Gasteiger partial charge is 0.398 e. The first-order valence-electron chi connectivity index (χ1n) is 6.60. The second-order valence-corrected chi connectivity index (χ2v) is 5.17. The van der Waals surface area contributed by atoms with Crippen LogP contribution in [-0.4, -0.2) is 12.2 Å². The summed E-state index contributed by atoms with van der Waals surface area (Å²) in [7, 11) is 0. The Morgan fingerprint density at radius 1 is 1.11 bits per heavy atom. The van der Waals surface area contributed by atoms with Crippen molar-refractivity contribution in [2.24, 2.45) is 5.92 Å². The number of nitrogen functional groups attached to an aromatic ring is 1. The number of benzene rings is 1. The standard InChI is InChI=1S/C14H19F3N2/c15-14(16,17)11-5-7-12(8-6-11)19-9-10-3-1-2-4-13(10)18/h1-4,11-12,19H,5-9,18H2. The number of hydrogen-bond acceptors (Lipinski definition) is 2. The highest BCUT2D eigenvalue weighted by Crippen LogP contribution is 2.37. The van der Waals surface area contributed by atoms with E-state index >= 15 is 0 Å². The van der Waals surface area contributed by atoms with E-state index in [2.05, 4.69) is 5.32 Å². The molecule has 19 heavy (non-hydrogen) atoms. The zero-order valence-corrected chi connectivity index (χ0v) is 10.7. The fourth-order valence-corrected chi connectivity index (χ4v) is 2.57. The monoisotopic (exact) mass is 272 g/mol. The summed E-state index contributed by atoms with van der Waals surface area (Å²) in [5.41, 5.74) is 7.55. The van der Waals surface area contributed by atoms with Gasteiger partial charge in [-0.2, -0.15) is 13.2 Å². The minimum atomic E-state index is -4.03. The fourth-order valence-electron chi connectivity index (χ4n) is 2.57. The van der Waals surface area contributed by atoms with Gasteiger partial charge in [-0.1, -0.05) is 18.2 Å². The van der Waals surface area contributed by atoms with Gasteiger partial charge in [-0.25, -0.2) is 0 Å². The van der Waals surface area contributed by atoms with E-state index in [-0.39, 0.29) is 18.9 Å². The van der Waals surface area contributed by atoms with E-state index in [4.69, 9.17) is 5.73 Å². The Kier molecular flexibility index (Phi) is 4.34. The quantitative estimate of drug-likeness (QED) is 0.827. The Labute approximate surface area is 111 Å². The van der Waals surface area contributed by atoms with Crippen molar-refractivity contribution >= 4 is 5.69 Å². The third-order valence-corrected chi connectivity index (χ3v) is 3.83. The van der Waals surface area contributed by atoms with Crippen molar-refractivity contribution in [1.29, 1.82) is 0 Å². The van der Waals surface area contributed by atoms with Crippen LogP contribution in [0.4, 0.5) is 18.9 Å². The number of rotatable bonds is 3. The molecule has 0 saturated heterocycles. The first kappa shape index (κ1) is 14.2. The predicted molar refractivity (Wildman–Crippen MR) is 69.5 cm³/mol. The van der Waals surface area contributed by atoms with Gasteiger partial charge in [0, 0.05) is 18.3 Å². The van der Waals surface area contributed by atoms with E-state index in [0.29, 0.717) is 19.4 Å². The molecule has 3 N–H and O–H groups in total. The van der Waals surface area contributed by atoms with Gasteiger partial charge in [0.1, 0.15) is 0 Å². The third-order valence-electron chi connectivity index (χ3n) is 3.83. The molecule has 2 rings (SSSR count). The predicted octanol–water partition coefficient (Wildman–Crippen LogP) is 3.48. The molecule has 2 nitrogen and oxygen atoms in total. The van der Waals surface area contributed by atoms with E-state index in [1.54, 1.807) is 0 Å². The molecule has 0 heterocycles. The van der Waals surface area contributed by atoms with Crippen molar-refractivity contribution in [2.75, 3.05) is 5.73 Å². The first-order valence-corrected chi connectivity index (χ1v) is 6.60.